The molecule has 0 saturated heterocycles. The standard InChI is InChI=1S/C11H9Cl2NO2/c12-6-1-2-7(9(13)3-6)8-4-11(14)16-5-10(8)15/h1-4,8H,5,14H2. The molecule has 0 amide bonds. The van der Waals surface area contributed by atoms with Crippen molar-refractivity contribution in [3.63, 3.8) is 0 Å². The van der Waals surface area contributed by atoms with Crippen molar-refractivity contribution < 1.29 is 9.53 Å². The van der Waals surface area contributed by atoms with Gasteiger partial charge in [0.05, 0.1) is 5.92 Å². The molecule has 2 N–H and O–H groups in total. The van der Waals surface area contributed by atoms with Gasteiger partial charge in [-0.25, -0.2) is 0 Å². The van der Waals surface area contributed by atoms with Gasteiger partial charge in [-0.15, -0.1) is 0 Å². The largest absolute Gasteiger partial charge is 0.472 e. The number of ketones is 1. The summed E-state index contributed by atoms with van der Waals surface area (Å²) in [7, 11) is 0. The minimum absolute atomic E-state index is 0.0219. The van der Waals surface area contributed by atoms with Crippen molar-refractivity contribution in [2.45, 2.75) is 5.92 Å². The summed E-state index contributed by atoms with van der Waals surface area (Å²) in [4.78, 5) is 11.7. The van der Waals surface area contributed by atoms with Crippen molar-refractivity contribution in [3.05, 3.63) is 45.8 Å². The lowest BCUT2D eigenvalue weighted by Crippen LogP contribution is -2.24. The number of rotatable bonds is 1. The van der Waals surface area contributed by atoms with E-state index >= 15 is 0 Å². The summed E-state index contributed by atoms with van der Waals surface area (Å²) in [5.74, 6) is -0.271. The highest BCUT2D eigenvalue weighted by Gasteiger charge is 2.25. The van der Waals surface area contributed by atoms with Gasteiger partial charge < -0.3 is 10.5 Å². The van der Waals surface area contributed by atoms with Gasteiger partial charge in [-0.1, -0.05) is 29.3 Å². The zero-order valence-electron chi connectivity index (χ0n) is 8.24. The van der Waals surface area contributed by atoms with E-state index in [-0.39, 0.29) is 18.3 Å². The number of hydrogen-bond acceptors (Lipinski definition) is 3. The van der Waals surface area contributed by atoms with Gasteiger partial charge >= 0.3 is 0 Å². The van der Waals surface area contributed by atoms with Crippen molar-refractivity contribution in [1.29, 1.82) is 0 Å². The van der Waals surface area contributed by atoms with Crippen LogP contribution < -0.4 is 5.73 Å². The molecule has 1 aliphatic heterocycles. The summed E-state index contributed by atoms with van der Waals surface area (Å²) in [5.41, 5.74) is 6.22. The number of carbonyl (C=O) groups excluding carboxylic acids is 1. The van der Waals surface area contributed by atoms with Crippen LogP contribution in [0.5, 0.6) is 0 Å². The molecule has 1 aliphatic rings. The van der Waals surface area contributed by atoms with E-state index in [0.29, 0.717) is 15.6 Å². The van der Waals surface area contributed by atoms with Gasteiger partial charge in [-0.2, -0.15) is 0 Å². The molecule has 16 heavy (non-hydrogen) atoms. The normalized spacial score (nSPS) is 20.2. The Labute approximate surface area is 103 Å². The highest BCUT2D eigenvalue weighted by atomic mass is 35.5. The minimum atomic E-state index is -0.446. The molecule has 1 heterocycles. The first-order valence-electron chi connectivity index (χ1n) is 4.65. The van der Waals surface area contributed by atoms with Crippen LogP contribution in [0.25, 0.3) is 0 Å². The lowest BCUT2D eigenvalue weighted by atomic mass is 9.93. The molecule has 0 fully saturated rings. The van der Waals surface area contributed by atoms with Gasteiger partial charge in [0.25, 0.3) is 0 Å². The van der Waals surface area contributed by atoms with E-state index in [9.17, 15) is 4.79 Å². The van der Waals surface area contributed by atoms with Crippen LogP contribution in [-0.4, -0.2) is 12.4 Å². The third kappa shape index (κ3) is 2.15. The second kappa shape index (κ2) is 4.36. The van der Waals surface area contributed by atoms with Crippen molar-refractivity contribution in [3.8, 4) is 0 Å². The first-order chi connectivity index (χ1) is 7.58. The number of hydrogen-bond donors (Lipinski definition) is 1. The molecule has 0 saturated carbocycles. The fraction of sp³-hybridized carbons (Fsp3) is 0.182. The molecule has 84 valence electrons. The minimum Gasteiger partial charge on any atom is -0.472 e. The van der Waals surface area contributed by atoms with Gasteiger partial charge in [0.15, 0.2) is 11.7 Å². The Morgan fingerprint density at radius 3 is 2.81 bits per heavy atom. The first-order valence-corrected chi connectivity index (χ1v) is 5.41. The van der Waals surface area contributed by atoms with E-state index in [1.54, 1.807) is 24.3 Å². The molecule has 2 rings (SSSR count). The smallest absolute Gasteiger partial charge is 0.181 e. The highest BCUT2D eigenvalue weighted by molar-refractivity contribution is 6.35. The summed E-state index contributed by atoms with van der Waals surface area (Å²) in [6.07, 6.45) is 1.56. The van der Waals surface area contributed by atoms with Crippen LogP contribution in [0, 0.1) is 0 Å². The van der Waals surface area contributed by atoms with Gasteiger partial charge in [-0.3, -0.25) is 4.79 Å². The third-order valence-electron chi connectivity index (χ3n) is 2.36. The van der Waals surface area contributed by atoms with E-state index in [1.807, 2.05) is 0 Å². The lowest BCUT2D eigenvalue weighted by molar-refractivity contribution is -0.124. The molecule has 0 radical (unpaired) electrons. The number of allylic oxidation sites excluding steroid dienone is 1. The lowest BCUT2D eigenvalue weighted by Gasteiger charge is -2.20. The van der Waals surface area contributed by atoms with E-state index in [2.05, 4.69) is 0 Å². The van der Waals surface area contributed by atoms with Crippen LogP contribution in [0.2, 0.25) is 10.0 Å². The quantitative estimate of drug-likeness (QED) is 0.841. The highest BCUT2D eigenvalue weighted by Crippen LogP contribution is 2.31. The van der Waals surface area contributed by atoms with E-state index in [1.165, 1.54) is 0 Å². The summed E-state index contributed by atoms with van der Waals surface area (Å²) in [5, 5.41) is 0.988. The Kier molecular flexibility index (Phi) is 3.08. The number of halogens is 2. The average Bonchev–Trinajstić information content (AvgIpc) is 2.22. The van der Waals surface area contributed by atoms with Gasteiger partial charge in [0.2, 0.25) is 0 Å². The van der Waals surface area contributed by atoms with Crippen molar-refractivity contribution in [2.75, 3.05) is 6.61 Å². The van der Waals surface area contributed by atoms with Gasteiger partial charge in [0, 0.05) is 10.0 Å². The monoisotopic (exact) mass is 257 g/mol. The van der Waals surface area contributed by atoms with Crippen LogP contribution in [-0.2, 0) is 9.53 Å². The number of nitrogens with two attached hydrogens (primary N) is 1. The van der Waals surface area contributed by atoms with Gasteiger partial charge in [0.1, 0.15) is 6.61 Å². The van der Waals surface area contributed by atoms with Crippen molar-refractivity contribution in [2.24, 2.45) is 5.73 Å². The molecule has 5 heteroatoms. The fourth-order valence-electron chi connectivity index (χ4n) is 1.57. The van der Waals surface area contributed by atoms with Crippen LogP contribution in [0.1, 0.15) is 11.5 Å². The summed E-state index contributed by atoms with van der Waals surface area (Å²) < 4.78 is 4.93. The number of ether oxygens (including phenoxy) is 1. The Morgan fingerprint density at radius 2 is 2.12 bits per heavy atom. The van der Waals surface area contributed by atoms with E-state index in [4.69, 9.17) is 33.7 Å². The maximum atomic E-state index is 11.7. The molecule has 0 aromatic heterocycles. The molecule has 0 aliphatic carbocycles. The maximum absolute atomic E-state index is 11.7. The fourth-order valence-corrected chi connectivity index (χ4v) is 2.09. The van der Waals surface area contributed by atoms with E-state index < -0.39 is 5.92 Å². The SMILES string of the molecule is NC1=CC(c2ccc(Cl)cc2Cl)C(=O)CO1. The maximum Gasteiger partial charge on any atom is 0.181 e. The van der Waals surface area contributed by atoms with Crippen molar-refractivity contribution >= 4 is 29.0 Å². The molecular weight excluding hydrogens is 249 g/mol. The predicted octanol–water partition coefficient (Wildman–Crippen LogP) is 2.48. The first kappa shape index (κ1) is 11.3. The summed E-state index contributed by atoms with van der Waals surface area (Å²) >= 11 is 11.8. The zero-order chi connectivity index (χ0) is 11.7. The van der Waals surface area contributed by atoms with Crippen LogP contribution in [0.3, 0.4) is 0 Å². The Morgan fingerprint density at radius 1 is 1.38 bits per heavy atom. The molecule has 1 aromatic carbocycles. The molecule has 0 bridgehead atoms. The number of benzene rings is 1. The third-order valence-corrected chi connectivity index (χ3v) is 2.92. The molecule has 1 atom stereocenters. The molecule has 3 nitrogen and oxygen atoms in total. The molecule has 1 unspecified atom stereocenters. The molecular formula is C11H9Cl2NO2. The van der Waals surface area contributed by atoms with E-state index in [0.717, 1.165) is 0 Å². The second-order valence-electron chi connectivity index (χ2n) is 3.47. The van der Waals surface area contributed by atoms with Crippen LogP contribution in [0.4, 0.5) is 0 Å². The number of Topliss-reactive ketones (excluding diaryl/α,β-unsaturated/α-hetero) is 1. The predicted molar refractivity (Wildman–Crippen MR) is 62.4 cm³/mol. The average molecular weight is 258 g/mol. The Balaban J connectivity index is 2.43. The zero-order valence-corrected chi connectivity index (χ0v) is 9.76. The molecule has 0 spiro atoms. The molecule has 1 aromatic rings. The van der Waals surface area contributed by atoms with Gasteiger partial charge in [-0.05, 0) is 23.8 Å². The second-order valence-corrected chi connectivity index (χ2v) is 4.31. The topological polar surface area (TPSA) is 52.3 Å². The summed E-state index contributed by atoms with van der Waals surface area (Å²) in [6.45, 7) is -0.0219. The Bertz CT molecular complexity index is 471. The number of carbonyl (C=O) groups is 1. The van der Waals surface area contributed by atoms with Crippen molar-refractivity contribution in [1.82, 2.24) is 0 Å². The van der Waals surface area contributed by atoms with Crippen LogP contribution >= 0.6 is 23.2 Å². The summed E-state index contributed by atoms with van der Waals surface area (Å²) in [6, 6.07) is 5.02. The van der Waals surface area contributed by atoms with Crippen LogP contribution in [0.15, 0.2) is 30.2 Å². The Hall–Kier alpha value is -1.19.